The van der Waals surface area contributed by atoms with Crippen LogP contribution in [0.2, 0.25) is 0 Å². The summed E-state index contributed by atoms with van der Waals surface area (Å²) in [5, 5.41) is 6.54. The van der Waals surface area contributed by atoms with E-state index in [9.17, 15) is 0 Å². The first-order valence-corrected chi connectivity index (χ1v) is 6.70. The lowest BCUT2D eigenvalue weighted by Crippen LogP contribution is -2.09. The van der Waals surface area contributed by atoms with E-state index in [4.69, 9.17) is 4.74 Å². The number of hydrogen-bond acceptors (Lipinski definition) is 5. The Morgan fingerprint density at radius 1 is 1.00 bits per heavy atom. The molecule has 18 heavy (non-hydrogen) atoms. The molecule has 0 aliphatic rings. The zero-order valence-electron chi connectivity index (χ0n) is 11.6. The van der Waals surface area contributed by atoms with Crippen molar-refractivity contribution < 1.29 is 4.74 Å². The van der Waals surface area contributed by atoms with Gasteiger partial charge < -0.3 is 15.4 Å². The van der Waals surface area contributed by atoms with Crippen molar-refractivity contribution in [3.63, 3.8) is 0 Å². The van der Waals surface area contributed by atoms with E-state index in [1.54, 1.807) is 13.4 Å². The summed E-state index contributed by atoms with van der Waals surface area (Å²) in [4.78, 5) is 8.43. The molecule has 0 aliphatic carbocycles. The predicted molar refractivity (Wildman–Crippen MR) is 75.4 cm³/mol. The molecule has 102 valence electrons. The number of nitrogens with zero attached hydrogens (tertiary/aromatic N) is 2. The van der Waals surface area contributed by atoms with E-state index in [1.807, 2.05) is 0 Å². The predicted octanol–water partition coefficient (Wildman–Crippen LogP) is 2.91. The van der Waals surface area contributed by atoms with Gasteiger partial charge in [0.1, 0.15) is 6.33 Å². The SMILES string of the molecule is CCCCCNc1ncnc(NCCC)c1OC. The summed E-state index contributed by atoms with van der Waals surface area (Å²) < 4.78 is 5.38. The van der Waals surface area contributed by atoms with Crippen molar-refractivity contribution in [2.45, 2.75) is 39.5 Å². The Hall–Kier alpha value is -1.52. The van der Waals surface area contributed by atoms with Crippen molar-refractivity contribution in [2.75, 3.05) is 30.8 Å². The Kier molecular flexibility index (Phi) is 6.91. The van der Waals surface area contributed by atoms with Crippen molar-refractivity contribution in [1.29, 1.82) is 0 Å². The molecule has 0 saturated heterocycles. The number of ether oxygens (including phenoxy) is 1. The van der Waals surface area contributed by atoms with Gasteiger partial charge in [0.05, 0.1) is 7.11 Å². The molecule has 0 radical (unpaired) electrons. The smallest absolute Gasteiger partial charge is 0.204 e. The van der Waals surface area contributed by atoms with Crippen LogP contribution in [-0.4, -0.2) is 30.2 Å². The Morgan fingerprint density at radius 2 is 1.67 bits per heavy atom. The van der Waals surface area contributed by atoms with Crippen LogP contribution in [0.25, 0.3) is 0 Å². The normalized spacial score (nSPS) is 10.2. The second-order valence-electron chi connectivity index (χ2n) is 4.16. The van der Waals surface area contributed by atoms with E-state index in [-0.39, 0.29) is 0 Å². The van der Waals surface area contributed by atoms with Gasteiger partial charge in [-0.05, 0) is 12.8 Å². The van der Waals surface area contributed by atoms with Gasteiger partial charge in [-0.25, -0.2) is 9.97 Å². The minimum atomic E-state index is 0.697. The molecule has 1 rings (SSSR count). The Bertz CT molecular complexity index is 344. The van der Waals surface area contributed by atoms with Crippen LogP contribution in [0.15, 0.2) is 6.33 Å². The number of anilines is 2. The van der Waals surface area contributed by atoms with E-state index in [2.05, 4.69) is 34.4 Å². The van der Waals surface area contributed by atoms with Gasteiger partial charge in [0.2, 0.25) is 5.75 Å². The van der Waals surface area contributed by atoms with Crippen molar-refractivity contribution in [2.24, 2.45) is 0 Å². The zero-order chi connectivity index (χ0) is 13.2. The third kappa shape index (κ3) is 4.39. The van der Waals surface area contributed by atoms with Gasteiger partial charge in [0.25, 0.3) is 0 Å². The molecular weight excluding hydrogens is 228 g/mol. The maximum absolute atomic E-state index is 5.38. The molecule has 1 heterocycles. The van der Waals surface area contributed by atoms with Crippen molar-refractivity contribution in [3.05, 3.63) is 6.33 Å². The summed E-state index contributed by atoms with van der Waals surface area (Å²) >= 11 is 0. The van der Waals surface area contributed by atoms with Crippen molar-refractivity contribution in [1.82, 2.24) is 9.97 Å². The average Bonchev–Trinajstić information content (AvgIpc) is 2.41. The molecule has 5 nitrogen and oxygen atoms in total. The number of rotatable bonds is 9. The molecule has 1 aromatic heterocycles. The molecule has 0 aliphatic heterocycles. The Labute approximate surface area is 109 Å². The van der Waals surface area contributed by atoms with Gasteiger partial charge >= 0.3 is 0 Å². The second kappa shape index (κ2) is 8.55. The summed E-state index contributed by atoms with van der Waals surface area (Å²) in [5.74, 6) is 2.22. The summed E-state index contributed by atoms with van der Waals surface area (Å²) in [5.41, 5.74) is 0. The summed E-state index contributed by atoms with van der Waals surface area (Å²) in [7, 11) is 1.65. The Balaban J connectivity index is 2.65. The third-order valence-corrected chi connectivity index (χ3v) is 2.62. The molecule has 0 saturated carbocycles. The van der Waals surface area contributed by atoms with Gasteiger partial charge in [-0.2, -0.15) is 0 Å². The zero-order valence-corrected chi connectivity index (χ0v) is 11.6. The molecule has 0 spiro atoms. The van der Waals surface area contributed by atoms with Crippen molar-refractivity contribution in [3.8, 4) is 5.75 Å². The molecule has 0 amide bonds. The largest absolute Gasteiger partial charge is 0.490 e. The standard InChI is InChI=1S/C13H24N4O/c1-4-6-7-9-15-13-11(18-3)12(14-8-5-2)16-10-17-13/h10H,4-9H2,1-3H3,(H2,14,15,16,17). The van der Waals surface area contributed by atoms with Crippen molar-refractivity contribution >= 4 is 11.6 Å². The van der Waals surface area contributed by atoms with Crippen LogP contribution in [0.3, 0.4) is 0 Å². The first-order valence-electron chi connectivity index (χ1n) is 6.70. The van der Waals surface area contributed by atoms with Crippen LogP contribution >= 0.6 is 0 Å². The molecule has 5 heteroatoms. The quantitative estimate of drug-likeness (QED) is 0.662. The average molecular weight is 252 g/mol. The molecule has 0 atom stereocenters. The van der Waals surface area contributed by atoms with Gasteiger partial charge in [0, 0.05) is 13.1 Å². The van der Waals surface area contributed by atoms with Crippen LogP contribution in [-0.2, 0) is 0 Å². The molecule has 0 fully saturated rings. The molecule has 0 unspecified atom stereocenters. The lowest BCUT2D eigenvalue weighted by atomic mass is 10.2. The van der Waals surface area contributed by atoms with Gasteiger partial charge in [0.15, 0.2) is 11.6 Å². The van der Waals surface area contributed by atoms with E-state index >= 15 is 0 Å². The van der Waals surface area contributed by atoms with Gasteiger partial charge in [-0.1, -0.05) is 26.7 Å². The highest BCUT2D eigenvalue weighted by Gasteiger charge is 2.10. The number of hydrogen-bond donors (Lipinski definition) is 2. The molecule has 1 aromatic rings. The van der Waals surface area contributed by atoms with E-state index in [1.165, 1.54) is 12.8 Å². The number of nitrogens with one attached hydrogen (secondary N) is 2. The van der Waals surface area contributed by atoms with Crippen LogP contribution in [0.5, 0.6) is 5.75 Å². The highest BCUT2D eigenvalue weighted by Crippen LogP contribution is 2.28. The fraction of sp³-hybridized carbons (Fsp3) is 0.692. The van der Waals surface area contributed by atoms with Crippen LogP contribution < -0.4 is 15.4 Å². The number of methoxy groups -OCH3 is 1. The Morgan fingerprint density at radius 3 is 2.22 bits per heavy atom. The monoisotopic (exact) mass is 252 g/mol. The maximum Gasteiger partial charge on any atom is 0.204 e. The van der Waals surface area contributed by atoms with Gasteiger partial charge in [-0.3, -0.25) is 0 Å². The van der Waals surface area contributed by atoms with Gasteiger partial charge in [-0.15, -0.1) is 0 Å². The van der Waals surface area contributed by atoms with E-state index in [0.717, 1.165) is 37.6 Å². The molecular formula is C13H24N4O. The lowest BCUT2D eigenvalue weighted by molar-refractivity contribution is 0.414. The minimum Gasteiger partial charge on any atom is -0.490 e. The van der Waals surface area contributed by atoms with E-state index < -0.39 is 0 Å². The fourth-order valence-electron chi connectivity index (χ4n) is 1.64. The summed E-state index contributed by atoms with van der Waals surface area (Å²) in [6.07, 6.45) is 6.18. The first-order chi connectivity index (χ1) is 8.83. The summed E-state index contributed by atoms with van der Waals surface area (Å²) in [6, 6.07) is 0. The fourth-order valence-corrected chi connectivity index (χ4v) is 1.64. The second-order valence-corrected chi connectivity index (χ2v) is 4.16. The first kappa shape index (κ1) is 14.5. The molecule has 2 N–H and O–H groups in total. The van der Waals surface area contributed by atoms with Crippen LogP contribution in [0.1, 0.15) is 39.5 Å². The summed E-state index contributed by atoms with van der Waals surface area (Å²) in [6.45, 7) is 6.10. The third-order valence-electron chi connectivity index (χ3n) is 2.62. The highest BCUT2D eigenvalue weighted by molar-refractivity contribution is 5.63. The molecule has 0 aromatic carbocycles. The highest BCUT2D eigenvalue weighted by atomic mass is 16.5. The van der Waals surface area contributed by atoms with E-state index in [0.29, 0.717) is 5.75 Å². The number of unbranched alkanes of at least 4 members (excludes halogenated alkanes) is 2. The molecule has 0 bridgehead atoms. The minimum absolute atomic E-state index is 0.697. The van der Waals surface area contributed by atoms with Crippen LogP contribution in [0, 0.1) is 0 Å². The topological polar surface area (TPSA) is 59.1 Å². The lowest BCUT2D eigenvalue weighted by Gasteiger charge is -2.13. The van der Waals surface area contributed by atoms with Crippen LogP contribution in [0.4, 0.5) is 11.6 Å². The number of aromatic nitrogens is 2. The maximum atomic E-state index is 5.38.